The highest BCUT2D eigenvalue weighted by Crippen LogP contribution is 2.41. The lowest BCUT2D eigenvalue weighted by Crippen LogP contribution is -2.22. The van der Waals surface area contributed by atoms with Crippen LogP contribution < -0.4 is 29.0 Å². The van der Waals surface area contributed by atoms with Crippen molar-refractivity contribution in [2.24, 2.45) is 0 Å². The molecule has 2 N–H and O–H groups in total. The number of anilines is 2. The summed E-state index contributed by atoms with van der Waals surface area (Å²) in [5, 5.41) is 2.73. The van der Waals surface area contributed by atoms with Crippen molar-refractivity contribution in [3.63, 3.8) is 0 Å². The number of benzene rings is 3. The zero-order valence-electron chi connectivity index (χ0n) is 26.9. The topological polar surface area (TPSA) is 164 Å². The second-order valence-electron chi connectivity index (χ2n) is 11.3. The van der Waals surface area contributed by atoms with Gasteiger partial charge in [-0.05, 0) is 53.4 Å². The molecule has 0 bridgehead atoms. The van der Waals surface area contributed by atoms with E-state index in [0.717, 1.165) is 5.56 Å². The van der Waals surface area contributed by atoms with Crippen molar-refractivity contribution < 1.29 is 32.2 Å². The molecule has 0 aliphatic carbocycles. The second-order valence-corrected chi connectivity index (χ2v) is 13.0. The summed E-state index contributed by atoms with van der Waals surface area (Å²) in [5.74, 6) is -0.399. The minimum Gasteiger partial charge on any atom is -0.495 e. The molecule has 13 nitrogen and oxygen atoms in total. The van der Waals surface area contributed by atoms with E-state index in [9.17, 15) is 13.2 Å². The molecular formula is C34H34N6O7S. The second kappa shape index (κ2) is 14.3. The average Bonchev–Trinajstić information content (AvgIpc) is 3.08. The van der Waals surface area contributed by atoms with Crippen molar-refractivity contribution in [1.29, 1.82) is 0 Å². The molecule has 0 spiro atoms. The van der Waals surface area contributed by atoms with Gasteiger partial charge in [-0.2, -0.15) is 4.98 Å². The number of methoxy groups -OCH3 is 2. The number of aromatic nitrogens is 4. The third-order valence-electron chi connectivity index (χ3n) is 6.86. The van der Waals surface area contributed by atoms with Crippen molar-refractivity contribution in [2.75, 3.05) is 30.9 Å². The number of sulfonamides is 1. The van der Waals surface area contributed by atoms with Crippen LogP contribution in [-0.2, 0) is 20.2 Å². The van der Waals surface area contributed by atoms with Crippen LogP contribution in [0.15, 0.2) is 96.2 Å². The van der Waals surface area contributed by atoms with Gasteiger partial charge >= 0.3 is 0 Å². The average molecular weight is 671 g/mol. The van der Waals surface area contributed by atoms with E-state index in [2.05, 4.69) is 30.0 Å². The Morgan fingerprint density at radius 2 is 1.40 bits per heavy atom. The third-order valence-corrected chi connectivity index (χ3v) is 8.22. The number of ether oxygens (including phenoxy) is 4. The summed E-state index contributed by atoms with van der Waals surface area (Å²) in [5.41, 5.74) is 1.19. The van der Waals surface area contributed by atoms with Gasteiger partial charge < -0.3 is 24.3 Å². The van der Waals surface area contributed by atoms with Crippen molar-refractivity contribution in [2.45, 2.75) is 31.1 Å². The summed E-state index contributed by atoms with van der Waals surface area (Å²) < 4.78 is 52.9. The van der Waals surface area contributed by atoms with Crippen LogP contribution in [0, 0.1) is 0 Å². The number of hydrogen-bond donors (Lipinski definition) is 2. The Morgan fingerprint density at radius 3 is 2.04 bits per heavy atom. The maximum Gasteiger partial charge on any atom is 0.264 e. The van der Waals surface area contributed by atoms with E-state index >= 15 is 0 Å². The molecule has 14 heteroatoms. The Hall–Kier alpha value is -5.76. The maximum absolute atomic E-state index is 13.8. The summed E-state index contributed by atoms with van der Waals surface area (Å²) in [6, 6.07) is 21.7. The van der Waals surface area contributed by atoms with Gasteiger partial charge in [-0.15, -0.1) is 0 Å². The summed E-state index contributed by atoms with van der Waals surface area (Å²) in [7, 11) is -1.30. The van der Waals surface area contributed by atoms with E-state index in [1.165, 1.54) is 38.7 Å². The predicted octanol–water partition coefficient (Wildman–Crippen LogP) is 5.86. The van der Waals surface area contributed by atoms with Crippen LogP contribution in [0.2, 0.25) is 0 Å². The fourth-order valence-corrected chi connectivity index (χ4v) is 5.41. The summed E-state index contributed by atoms with van der Waals surface area (Å²) in [4.78, 5) is 30.3. The van der Waals surface area contributed by atoms with Crippen molar-refractivity contribution in [1.82, 2.24) is 19.9 Å². The highest BCUT2D eigenvalue weighted by Gasteiger charge is 2.27. The highest BCUT2D eigenvalue weighted by atomic mass is 32.2. The van der Waals surface area contributed by atoms with Gasteiger partial charge in [0.25, 0.3) is 21.8 Å². The molecule has 0 radical (unpaired) electrons. The smallest absolute Gasteiger partial charge is 0.264 e. The van der Waals surface area contributed by atoms with Crippen LogP contribution in [0.5, 0.6) is 28.9 Å². The number of amides is 1. The van der Waals surface area contributed by atoms with Gasteiger partial charge in [0.2, 0.25) is 11.6 Å². The molecule has 2 aromatic heterocycles. The van der Waals surface area contributed by atoms with E-state index in [-0.39, 0.29) is 45.2 Å². The monoisotopic (exact) mass is 670 g/mol. The minimum absolute atomic E-state index is 0.0199. The lowest BCUT2D eigenvalue weighted by molar-refractivity contribution is -0.118. The molecule has 48 heavy (non-hydrogen) atoms. The fraction of sp³-hybridized carbons (Fsp3) is 0.206. The molecule has 0 saturated heterocycles. The number of nitrogens with zero attached hydrogens (tertiary/aromatic N) is 4. The summed E-state index contributed by atoms with van der Waals surface area (Å²) in [6.45, 7) is 5.54. The van der Waals surface area contributed by atoms with Crippen LogP contribution in [0.4, 0.5) is 11.5 Å². The quantitative estimate of drug-likeness (QED) is 0.163. The zero-order valence-corrected chi connectivity index (χ0v) is 27.7. The number of para-hydroxylation sites is 4. The van der Waals surface area contributed by atoms with Crippen LogP contribution in [0.3, 0.4) is 0 Å². The number of rotatable bonds is 12. The van der Waals surface area contributed by atoms with Crippen LogP contribution in [0.25, 0.3) is 11.6 Å². The highest BCUT2D eigenvalue weighted by molar-refractivity contribution is 7.92. The molecule has 2 heterocycles. The van der Waals surface area contributed by atoms with Crippen molar-refractivity contribution >= 4 is 27.4 Å². The molecule has 0 aliphatic rings. The van der Waals surface area contributed by atoms with E-state index in [1.54, 1.807) is 66.7 Å². The first kappa shape index (κ1) is 33.6. The van der Waals surface area contributed by atoms with Gasteiger partial charge in [0.05, 0.1) is 24.8 Å². The number of carbonyl (C=O) groups excluding carboxylic acids is 1. The van der Waals surface area contributed by atoms with Gasteiger partial charge in [0, 0.05) is 12.4 Å². The van der Waals surface area contributed by atoms with Gasteiger partial charge in [0.1, 0.15) is 5.75 Å². The first-order chi connectivity index (χ1) is 23.0. The van der Waals surface area contributed by atoms with E-state index in [1.807, 2.05) is 20.8 Å². The van der Waals surface area contributed by atoms with Crippen LogP contribution in [0.1, 0.15) is 26.3 Å². The molecule has 0 unspecified atom stereocenters. The first-order valence-electron chi connectivity index (χ1n) is 14.7. The zero-order chi connectivity index (χ0) is 34.3. The summed E-state index contributed by atoms with van der Waals surface area (Å²) in [6.07, 6.45) is 2.96. The minimum atomic E-state index is -4.24. The molecule has 0 saturated carbocycles. The van der Waals surface area contributed by atoms with E-state index in [4.69, 9.17) is 18.9 Å². The Balaban J connectivity index is 1.59. The third kappa shape index (κ3) is 7.96. The largest absolute Gasteiger partial charge is 0.495 e. The van der Waals surface area contributed by atoms with Gasteiger partial charge in [-0.1, -0.05) is 57.2 Å². The molecular weight excluding hydrogens is 636 g/mol. The molecule has 5 aromatic rings. The summed E-state index contributed by atoms with van der Waals surface area (Å²) >= 11 is 0. The Morgan fingerprint density at radius 1 is 0.771 bits per heavy atom. The Kier molecular flexibility index (Phi) is 10.0. The van der Waals surface area contributed by atoms with Crippen LogP contribution >= 0.6 is 0 Å². The van der Waals surface area contributed by atoms with Crippen molar-refractivity contribution in [3.05, 3.63) is 96.8 Å². The standard InChI is InChI=1S/C34H34N6O7S/c1-34(2,3)22-15-17-23(18-16-22)48(42,43)40-30-29(47-27-14-9-8-13-26(27)45-5)33(39-32(38-30)31-35-19-10-20-36-31)46-21-28(41)37-24-11-6-7-12-25(24)44-4/h6-20H,21H2,1-5H3,(H,37,41)(H,38,39,40). The molecule has 0 aliphatic heterocycles. The molecule has 0 fully saturated rings. The van der Waals surface area contributed by atoms with Gasteiger partial charge in [0.15, 0.2) is 29.7 Å². The molecule has 1 amide bonds. The number of nitrogens with one attached hydrogen (secondary N) is 2. The van der Waals surface area contributed by atoms with Gasteiger partial charge in [-0.25, -0.2) is 23.4 Å². The molecule has 3 aromatic carbocycles. The Bertz CT molecular complexity index is 2000. The van der Waals surface area contributed by atoms with Gasteiger partial charge in [-0.3, -0.25) is 9.52 Å². The predicted molar refractivity (Wildman–Crippen MR) is 179 cm³/mol. The maximum atomic E-state index is 13.8. The number of carbonyl (C=O) groups is 1. The molecule has 5 rings (SSSR count). The Labute approximate surface area is 278 Å². The SMILES string of the molecule is COc1ccccc1NC(=O)COc1nc(-c2ncccn2)nc(NS(=O)(=O)c2ccc(C(C)(C)C)cc2)c1Oc1ccccc1OC. The fourth-order valence-electron chi connectivity index (χ4n) is 4.40. The lowest BCUT2D eigenvalue weighted by atomic mass is 9.87. The first-order valence-corrected chi connectivity index (χ1v) is 16.2. The van der Waals surface area contributed by atoms with E-state index in [0.29, 0.717) is 17.2 Å². The van der Waals surface area contributed by atoms with Crippen LogP contribution in [-0.4, -0.2) is 55.1 Å². The number of hydrogen-bond acceptors (Lipinski definition) is 11. The van der Waals surface area contributed by atoms with E-state index < -0.39 is 22.5 Å². The molecule has 248 valence electrons. The molecule has 0 atom stereocenters. The van der Waals surface area contributed by atoms with Crippen molar-refractivity contribution in [3.8, 4) is 40.5 Å². The lowest BCUT2D eigenvalue weighted by Gasteiger charge is -2.20. The normalized spacial score (nSPS) is 11.4.